The summed E-state index contributed by atoms with van der Waals surface area (Å²) in [6.45, 7) is 10.7. The number of hydrogen-bond acceptors (Lipinski definition) is 5. The van der Waals surface area contributed by atoms with Crippen LogP contribution in [0.4, 0.5) is 11.4 Å². The number of benzene rings is 4. The molecule has 4 aromatic carbocycles. The summed E-state index contributed by atoms with van der Waals surface area (Å²) in [5, 5.41) is 1.90. The molecule has 200 valence electrons. The van der Waals surface area contributed by atoms with Gasteiger partial charge >= 0.3 is 0 Å². The van der Waals surface area contributed by atoms with Gasteiger partial charge in [0.2, 0.25) is 0 Å². The smallest absolute Gasteiger partial charge is 0.197 e. The average Bonchev–Trinajstić information content (AvgIpc) is 3.31. The minimum Gasteiger partial charge on any atom is -0.312 e. The predicted octanol–water partition coefficient (Wildman–Crippen LogP) is 8.03. The number of fused-ring (bicyclic) bond motifs is 5. The third kappa shape index (κ3) is 3.62. The minimum atomic E-state index is -0.488. The molecule has 1 aliphatic heterocycles. The van der Waals surface area contributed by atoms with E-state index in [0.29, 0.717) is 11.1 Å². The van der Waals surface area contributed by atoms with Gasteiger partial charge in [0, 0.05) is 40.2 Å². The Morgan fingerprint density at radius 3 is 2.00 bits per heavy atom. The number of rotatable bonds is 2. The molecule has 1 aliphatic carbocycles. The number of carbonyl (C=O) groups excluding carboxylic acids is 2. The zero-order valence-electron chi connectivity index (χ0n) is 23.7. The third-order valence-electron chi connectivity index (χ3n) is 8.50. The standard InChI is InChI=1S/C36H29N3O2/c1-20-16-21(2)33(22(3)17-20)39-29-12-11-28-32(38-15-14-37-28)31(29)36(4,5)30(39)13-10-25-34(40)26-18-23-8-6-7-9-24(23)19-27(26)35(25)41/h6-19H,1-5H3/b30-13-. The van der Waals surface area contributed by atoms with Crippen LogP contribution in [0.3, 0.4) is 0 Å². The van der Waals surface area contributed by atoms with E-state index in [2.05, 4.69) is 62.7 Å². The van der Waals surface area contributed by atoms with Gasteiger partial charge in [-0.25, -0.2) is 0 Å². The highest BCUT2D eigenvalue weighted by Gasteiger charge is 2.44. The number of carbonyl (C=O) groups is 2. The molecule has 0 amide bonds. The van der Waals surface area contributed by atoms with Crippen molar-refractivity contribution in [2.75, 3.05) is 4.90 Å². The summed E-state index contributed by atoms with van der Waals surface area (Å²) in [6, 6.07) is 20.0. The molecule has 0 fully saturated rings. The van der Waals surface area contributed by atoms with Crippen LogP contribution in [0.2, 0.25) is 0 Å². The van der Waals surface area contributed by atoms with Gasteiger partial charge < -0.3 is 4.90 Å². The van der Waals surface area contributed by atoms with Crippen LogP contribution < -0.4 is 4.90 Å². The van der Waals surface area contributed by atoms with Crippen LogP contribution in [-0.4, -0.2) is 21.5 Å². The van der Waals surface area contributed by atoms with Crippen molar-refractivity contribution in [1.29, 1.82) is 0 Å². The van der Waals surface area contributed by atoms with Gasteiger partial charge in [-0.1, -0.05) is 55.8 Å². The monoisotopic (exact) mass is 535 g/mol. The summed E-state index contributed by atoms with van der Waals surface area (Å²) >= 11 is 0. The second kappa shape index (κ2) is 8.80. The Hall–Kier alpha value is -4.90. The molecule has 0 spiro atoms. The van der Waals surface area contributed by atoms with E-state index in [0.717, 1.165) is 55.6 Å². The molecule has 0 bridgehead atoms. The number of allylic oxidation sites excluding steroid dienone is 4. The lowest BCUT2D eigenvalue weighted by molar-refractivity contribution is 0.0988. The third-order valence-corrected chi connectivity index (χ3v) is 8.50. The Morgan fingerprint density at radius 2 is 1.37 bits per heavy atom. The lowest BCUT2D eigenvalue weighted by Crippen LogP contribution is -2.24. The highest BCUT2D eigenvalue weighted by molar-refractivity contribution is 6.40. The van der Waals surface area contributed by atoms with Crippen LogP contribution in [0.15, 0.2) is 96.5 Å². The Balaban J connectivity index is 1.45. The predicted molar refractivity (Wildman–Crippen MR) is 164 cm³/mol. The van der Waals surface area contributed by atoms with Gasteiger partial charge in [0.15, 0.2) is 11.6 Å². The fraction of sp³-hybridized carbons (Fsp3) is 0.167. The highest BCUT2D eigenvalue weighted by atomic mass is 16.2. The van der Waals surface area contributed by atoms with E-state index in [1.54, 1.807) is 18.5 Å². The highest BCUT2D eigenvalue weighted by Crippen LogP contribution is 2.54. The zero-order valence-corrected chi connectivity index (χ0v) is 23.7. The molecule has 0 saturated carbocycles. The summed E-state index contributed by atoms with van der Waals surface area (Å²) < 4.78 is 0. The van der Waals surface area contributed by atoms with Crippen molar-refractivity contribution in [2.24, 2.45) is 0 Å². The molecule has 2 aliphatic rings. The lowest BCUT2D eigenvalue weighted by atomic mass is 9.82. The molecule has 0 saturated heterocycles. The van der Waals surface area contributed by atoms with Crippen LogP contribution in [0.25, 0.3) is 21.8 Å². The number of Topliss-reactive ketones (excluding diaryl/α,β-unsaturated/α-hetero) is 2. The fourth-order valence-electron chi connectivity index (χ4n) is 6.74. The first-order chi connectivity index (χ1) is 19.7. The molecule has 5 heteroatoms. The Labute approximate surface area is 238 Å². The Kier molecular flexibility index (Phi) is 5.39. The van der Waals surface area contributed by atoms with Crippen molar-refractivity contribution in [1.82, 2.24) is 9.97 Å². The Morgan fingerprint density at radius 1 is 0.756 bits per heavy atom. The quantitative estimate of drug-likeness (QED) is 0.169. The second-order valence-electron chi connectivity index (χ2n) is 11.6. The van der Waals surface area contributed by atoms with Crippen LogP contribution >= 0.6 is 0 Å². The maximum atomic E-state index is 13.6. The normalized spacial score (nSPS) is 16.7. The summed E-state index contributed by atoms with van der Waals surface area (Å²) in [5.74, 6) is -0.460. The van der Waals surface area contributed by atoms with E-state index >= 15 is 0 Å². The van der Waals surface area contributed by atoms with Gasteiger partial charge in [-0.15, -0.1) is 0 Å². The molecule has 1 aromatic heterocycles. The van der Waals surface area contributed by atoms with Crippen LogP contribution in [-0.2, 0) is 5.41 Å². The fourth-order valence-corrected chi connectivity index (χ4v) is 6.74. The molecule has 5 nitrogen and oxygen atoms in total. The first kappa shape index (κ1) is 25.1. The number of nitrogens with zero attached hydrogens (tertiary/aromatic N) is 3. The molecule has 2 heterocycles. The van der Waals surface area contributed by atoms with Crippen LogP contribution in [0, 0.1) is 20.8 Å². The number of ketones is 2. The number of hydrogen-bond donors (Lipinski definition) is 0. The van der Waals surface area contributed by atoms with Gasteiger partial charge in [-0.2, -0.15) is 0 Å². The summed E-state index contributed by atoms with van der Waals surface area (Å²) in [5.41, 5.74) is 9.99. The van der Waals surface area contributed by atoms with Crippen molar-refractivity contribution >= 4 is 44.7 Å². The van der Waals surface area contributed by atoms with Crippen molar-refractivity contribution in [3.8, 4) is 0 Å². The van der Waals surface area contributed by atoms with Crippen molar-refractivity contribution in [2.45, 2.75) is 40.0 Å². The van der Waals surface area contributed by atoms with Gasteiger partial charge in [0.1, 0.15) is 0 Å². The molecule has 0 radical (unpaired) electrons. The summed E-state index contributed by atoms with van der Waals surface area (Å²) in [4.78, 5) is 38.7. The van der Waals surface area contributed by atoms with E-state index in [-0.39, 0.29) is 17.1 Å². The van der Waals surface area contributed by atoms with Crippen LogP contribution in [0.1, 0.15) is 56.8 Å². The molecule has 0 unspecified atom stereocenters. The molecular weight excluding hydrogens is 506 g/mol. The molecular formula is C36H29N3O2. The molecule has 41 heavy (non-hydrogen) atoms. The van der Waals surface area contributed by atoms with Gasteiger partial charge in [0.05, 0.1) is 28.0 Å². The van der Waals surface area contributed by atoms with Gasteiger partial charge in [-0.3, -0.25) is 19.6 Å². The molecule has 7 rings (SSSR count). The van der Waals surface area contributed by atoms with Crippen LogP contribution in [0.5, 0.6) is 0 Å². The maximum absolute atomic E-state index is 13.6. The maximum Gasteiger partial charge on any atom is 0.197 e. The van der Waals surface area contributed by atoms with Crippen molar-refractivity contribution in [3.63, 3.8) is 0 Å². The SMILES string of the molecule is Cc1cc(C)c(N2/C(=C\C=C3C(=O)c4cc5ccccc5cc4C3=O)C(C)(C)c3c2ccc2nccnc32)c(C)c1. The van der Waals surface area contributed by atoms with E-state index in [4.69, 9.17) is 4.98 Å². The van der Waals surface area contributed by atoms with Gasteiger partial charge in [0.25, 0.3) is 0 Å². The first-order valence-corrected chi connectivity index (χ1v) is 13.8. The summed E-state index contributed by atoms with van der Waals surface area (Å²) in [6.07, 6.45) is 7.12. The topological polar surface area (TPSA) is 63.2 Å². The van der Waals surface area contributed by atoms with E-state index in [1.165, 1.54) is 5.56 Å². The van der Waals surface area contributed by atoms with Gasteiger partial charge in [-0.05, 0) is 79.1 Å². The van der Waals surface area contributed by atoms with Crippen molar-refractivity contribution < 1.29 is 9.59 Å². The van der Waals surface area contributed by atoms with E-state index < -0.39 is 5.41 Å². The van der Waals surface area contributed by atoms with Crippen molar-refractivity contribution in [3.05, 3.63) is 130 Å². The Bertz CT molecular complexity index is 1970. The van der Waals surface area contributed by atoms with E-state index in [1.807, 2.05) is 48.5 Å². The van der Waals surface area contributed by atoms with E-state index in [9.17, 15) is 9.59 Å². The first-order valence-electron chi connectivity index (χ1n) is 13.8. The lowest BCUT2D eigenvalue weighted by Gasteiger charge is -2.29. The number of anilines is 2. The zero-order chi connectivity index (χ0) is 28.6. The minimum absolute atomic E-state index is 0.191. The summed E-state index contributed by atoms with van der Waals surface area (Å²) in [7, 11) is 0. The molecule has 0 atom stereocenters. The molecule has 0 N–H and O–H groups in total. The largest absolute Gasteiger partial charge is 0.312 e. The number of aromatic nitrogens is 2. The molecule has 5 aromatic rings. The average molecular weight is 536 g/mol. The second-order valence-corrected chi connectivity index (χ2v) is 11.6. The number of aryl methyl sites for hydroxylation is 3.